The molecule has 2 atom stereocenters. The van der Waals surface area contributed by atoms with E-state index in [2.05, 4.69) is 0 Å². The third kappa shape index (κ3) is 3.52. The highest BCUT2D eigenvalue weighted by atomic mass is 19.4. The van der Waals surface area contributed by atoms with Crippen molar-refractivity contribution in [2.45, 2.75) is 38.1 Å². The fourth-order valence-electron chi connectivity index (χ4n) is 2.75. The molecule has 0 saturated carbocycles. The second kappa shape index (κ2) is 6.14. The molecule has 0 radical (unpaired) electrons. The number of hydrogen-bond acceptors (Lipinski definition) is 2. The van der Waals surface area contributed by atoms with Crippen molar-refractivity contribution < 1.29 is 18.3 Å². The monoisotopic (exact) mass is 287 g/mol. The summed E-state index contributed by atoms with van der Waals surface area (Å²) in [4.78, 5) is 1.45. The van der Waals surface area contributed by atoms with E-state index >= 15 is 0 Å². The van der Waals surface area contributed by atoms with Crippen molar-refractivity contribution in [2.24, 2.45) is 5.92 Å². The number of piperidine rings is 1. The molecule has 20 heavy (non-hydrogen) atoms. The third-order valence-electron chi connectivity index (χ3n) is 4.18. The van der Waals surface area contributed by atoms with E-state index in [1.807, 2.05) is 30.3 Å². The van der Waals surface area contributed by atoms with Gasteiger partial charge in [0.05, 0.1) is 6.10 Å². The molecule has 0 spiro atoms. The van der Waals surface area contributed by atoms with Gasteiger partial charge in [-0.15, -0.1) is 0 Å². The molecule has 112 valence electrons. The fourth-order valence-corrected chi connectivity index (χ4v) is 2.75. The summed E-state index contributed by atoms with van der Waals surface area (Å²) in [6.07, 6.45) is -3.57. The lowest BCUT2D eigenvalue weighted by Gasteiger charge is -2.38. The van der Waals surface area contributed by atoms with Gasteiger partial charge in [-0.3, -0.25) is 4.90 Å². The molecule has 5 heteroatoms. The standard InChI is InChI=1S/C15H20F3NO/c1-11(15(16,17)18)19-9-7-13(8-10-19)14(20)12-5-3-2-4-6-12/h2-6,11,13-14,20H,7-10H2,1H3/t11-,14-/m1/s1. The average molecular weight is 287 g/mol. The number of aliphatic hydroxyl groups excluding tert-OH is 1. The van der Waals surface area contributed by atoms with E-state index in [0.717, 1.165) is 5.56 Å². The number of rotatable bonds is 3. The van der Waals surface area contributed by atoms with Crippen molar-refractivity contribution in [3.63, 3.8) is 0 Å². The minimum Gasteiger partial charge on any atom is -0.388 e. The van der Waals surface area contributed by atoms with Crippen molar-refractivity contribution in [1.29, 1.82) is 0 Å². The first-order valence-electron chi connectivity index (χ1n) is 6.93. The topological polar surface area (TPSA) is 23.5 Å². The second-order valence-corrected chi connectivity index (χ2v) is 5.45. The van der Waals surface area contributed by atoms with Gasteiger partial charge in [0.25, 0.3) is 0 Å². The fraction of sp³-hybridized carbons (Fsp3) is 0.600. The molecule has 1 aliphatic heterocycles. The lowest BCUT2D eigenvalue weighted by Crippen LogP contribution is -2.47. The number of nitrogens with zero attached hydrogens (tertiary/aromatic N) is 1. The van der Waals surface area contributed by atoms with Gasteiger partial charge < -0.3 is 5.11 Å². The first-order chi connectivity index (χ1) is 9.39. The summed E-state index contributed by atoms with van der Waals surface area (Å²) in [6.45, 7) is 1.97. The van der Waals surface area contributed by atoms with Crippen LogP contribution in [0.2, 0.25) is 0 Å². The third-order valence-corrected chi connectivity index (χ3v) is 4.18. The second-order valence-electron chi connectivity index (χ2n) is 5.45. The molecule has 2 nitrogen and oxygen atoms in total. The van der Waals surface area contributed by atoms with Crippen LogP contribution < -0.4 is 0 Å². The van der Waals surface area contributed by atoms with E-state index in [0.29, 0.717) is 25.9 Å². The maximum atomic E-state index is 12.7. The number of alkyl halides is 3. The van der Waals surface area contributed by atoms with Gasteiger partial charge in [0.2, 0.25) is 0 Å². The zero-order chi connectivity index (χ0) is 14.8. The Morgan fingerprint density at radius 2 is 1.70 bits per heavy atom. The lowest BCUT2D eigenvalue weighted by molar-refractivity contribution is -0.182. The summed E-state index contributed by atoms with van der Waals surface area (Å²) in [7, 11) is 0. The first-order valence-corrected chi connectivity index (χ1v) is 6.93. The Bertz CT molecular complexity index is 413. The number of aliphatic hydroxyl groups is 1. The number of halogens is 3. The van der Waals surface area contributed by atoms with Crippen molar-refractivity contribution >= 4 is 0 Å². The molecule has 1 saturated heterocycles. The van der Waals surface area contributed by atoms with Crippen molar-refractivity contribution in [2.75, 3.05) is 13.1 Å². The minimum atomic E-state index is -4.18. The largest absolute Gasteiger partial charge is 0.403 e. The van der Waals surface area contributed by atoms with Gasteiger partial charge in [-0.1, -0.05) is 30.3 Å². The molecule has 0 unspecified atom stereocenters. The molecule has 0 amide bonds. The van der Waals surface area contributed by atoms with E-state index in [1.165, 1.54) is 11.8 Å². The van der Waals surface area contributed by atoms with Crippen LogP contribution in [0.5, 0.6) is 0 Å². The van der Waals surface area contributed by atoms with E-state index in [4.69, 9.17) is 0 Å². The Kier molecular flexibility index (Phi) is 4.70. The maximum Gasteiger partial charge on any atom is 0.403 e. The first kappa shape index (κ1) is 15.3. The Hall–Kier alpha value is -1.07. The highest BCUT2D eigenvalue weighted by Crippen LogP contribution is 2.33. The summed E-state index contributed by atoms with van der Waals surface area (Å²) in [5.74, 6) is 0.0362. The summed E-state index contributed by atoms with van der Waals surface area (Å²) in [5.41, 5.74) is 0.842. The quantitative estimate of drug-likeness (QED) is 0.921. The van der Waals surface area contributed by atoms with Crippen LogP contribution >= 0.6 is 0 Å². The molecule has 0 aromatic heterocycles. The SMILES string of the molecule is C[C@@H](N1CCC([C@H](O)c2ccccc2)CC1)C(F)(F)F. The van der Waals surface area contributed by atoms with Crippen LogP contribution in [0, 0.1) is 5.92 Å². The normalized spacial score (nSPS) is 21.6. The highest BCUT2D eigenvalue weighted by Gasteiger charge is 2.41. The zero-order valence-corrected chi connectivity index (χ0v) is 11.5. The van der Waals surface area contributed by atoms with E-state index in [9.17, 15) is 18.3 Å². The van der Waals surface area contributed by atoms with Gasteiger partial charge in [0.15, 0.2) is 0 Å². The Balaban J connectivity index is 1.92. The Morgan fingerprint density at radius 3 is 2.20 bits per heavy atom. The van der Waals surface area contributed by atoms with Crippen LogP contribution in [-0.4, -0.2) is 35.3 Å². The summed E-state index contributed by atoms with van der Waals surface area (Å²) in [6, 6.07) is 7.91. The van der Waals surface area contributed by atoms with Crippen LogP contribution in [0.4, 0.5) is 13.2 Å². The van der Waals surface area contributed by atoms with Gasteiger partial charge in [-0.25, -0.2) is 0 Å². The predicted octanol–water partition coefficient (Wildman–Crippen LogP) is 3.38. The number of benzene rings is 1. The molecule has 0 aliphatic carbocycles. The molecule has 2 rings (SSSR count). The van der Waals surface area contributed by atoms with E-state index in [1.54, 1.807) is 0 Å². The summed E-state index contributed by atoms with van der Waals surface area (Å²) < 4.78 is 38.0. The molecule has 1 aromatic rings. The van der Waals surface area contributed by atoms with Gasteiger partial charge in [0, 0.05) is 0 Å². The summed E-state index contributed by atoms with van der Waals surface area (Å²) in [5, 5.41) is 10.3. The average Bonchev–Trinajstić information content (AvgIpc) is 2.46. The van der Waals surface area contributed by atoms with E-state index in [-0.39, 0.29) is 5.92 Å². The van der Waals surface area contributed by atoms with Gasteiger partial charge in [0.1, 0.15) is 6.04 Å². The number of hydrogen-bond donors (Lipinski definition) is 1. The van der Waals surface area contributed by atoms with Gasteiger partial charge in [-0.2, -0.15) is 13.2 Å². The Morgan fingerprint density at radius 1 is 1.15 bits per heavy atom. The van der Waals surface area contributed by atoms with Gasteiger partial charge >= 0.3 is 6.18 Å². The van der Waals surface area contributed by atoms with Crippen molar-refractivity contribution in [3.05, 3.63) is 35.9 Å². The molecule has 1 N–H and O–H groups in total. The van der Waals surface area contributed by atoms with Crippen LogP contribution in [0.25, 0.3) is 0 Å². The van der Waals surface area contributed by atoms with Crippen LogP contribution in [0.1, 0.15) is 31.4 Å². The van der Waals surface area contributed by atoms with E-state index < -0.39 is 18.3 Å². The highest BCUT2D eigenvalue weighted by molar-refractivity contribution is 5.18. The zero-order valence-electron chi connectivity index (χ0n) is 11.5. The van der Waals surface area contributed by atoms with Crippen LogP contribution in [0.15, 0.2) is 30.3 Å². The lowest BCUT2D eigenvalue weighted by atomic mass is 9.87. The molecular formula is C15H20F3NO. The molecule has 0 bridgehead atoms. The minimum absolute atomic E-state index is 0.0362. The van der Waals surface area contributed by atoms with Crippen LogP contribution in [-0.2, 0) is 0 Å². The Labute approximate surface area is 117 Å². The van der Waals surface area contributed by atoms with Crippen molar-refractivity contribution in [1.82, 2.24) is 4.90 Å². The molecular weight excluding hydrogens is 267 g/mol. The summed E-state index contributed by atoms with van der Waals surface area (Å²) >= 11 is 0. The number of likely N-dealkylation sites (tertiary alicyclic amines) is 1. The van der Waals surface area contributed by atoms with Crippen molar-refractivity contribution in [3.8, 4) is 0 Å². The maximum absolute atomic E-state index is 12.7. The molecule has 1 aliphatic rings. The van der Waals surface area contributed by atoms with Crippen LogP contribution in [0.3, 0.4) is 0 Å². The molecule has 1 fully saturated rings. The predicted molar refractivity (Wildman–Crippen MR) is 71.2 cm³/mol. The van der Waals surface area contributed by atoms with Gasteiger partial charge in [-0.05, 0) is 44.3 Å². The smallest absolute Gasteiger partial charge is 0.388 e. The molecule has 1 heterocycles. The molecule has 1 aromatic carbocycles.